The molecule has 0 spiro atoms. The third-order valence-electron chi connectivity index (χ3n) is 9.94. The molecule has 0 bridgehead atoms. The molecule has 0 saturated heterocycles. The number of pyridine rings is 1. The molecule has 9 rings (SSSR count). The standard InChI is InChI=1S/C45H37N5O.Pt/c1-6-31-12-10-15-39-40-16-11-13-32(7-2)45(40)48(44(31)39)33-20-21-46-43(26-33)49-41-17-9-8-14-37(41)38-19-18-35(27-42(38)49)51-36-23-28(3)22-34(25-36)50-30(5)24-29(4)47-50;/h8-24,26H,6-7H2,1-5H3;/q-2;+2. The predicted molar refractivity (Wildman–Crippen MR) is 207 cm³/mol. The van der Waals surface area contributed by atoms with Gasteiger partial charge in [-0.2, -0.15) is 16.7 Å². The molecule has 0 aliphatic rings. The molecular formula is C45H37N5OPt. The van der Waals surface area contributed by atoms with Crippen molar-refractivity contribution < 1.29 is 25.8 Å². The van der Waals surface area contributed by atoms with Gasteiger partial charge in [-0.05, 0) is 67.1 Å². The predicted octanol–water partition coefficient (Wildman–Crippen LogP) is 10.9. The van der Waals surface area contributed by atoms with Crippen LogP contribution < -0.4 is 4.74 Å². The van der Waals surface area contributed by atoms with Crippen molar-refractivity contribution in [1.82, 2.24) is 23.9 Å². The van der Waals surface area contributed by atoms with E-state index in [0.717, 1.165) is 68.8 Å². The number of benzene rings is 5. The molecule has 9 aromatic rings. The summed E-state index contributed by atoms with van der Waals surface area (Å²) >= 11 is 0. The summed E-state index contributed by atoms with van der Waals surface area (Å²) in [7, 11) is 0. The Morgan fingerprint density at radius 1 is 0.654 bits per heavy atom. The molecule has 0 aliphatic heterocycles. The van der Waals surface area contributed by atoms with Crippen LogP contribution in [0, 0.1) is 32.9 Å². The van der Waals surface area contributed by atoms with Crippen LogP contribution in [0.3, 0.4) is 0 Å². The van der Waals surface area contributed by atoms with E-state index in [9.17, 15) is 0 Å². The number of aryl methyl sites for hydroxylation is 5. The SMILES string of the molecule is CCc1cccc2c3cccc(CC)c3n(-c3ccnc(-n4c5[c-]c(Oc6[c-]c(-n7nc(C)cc7C)cc(C)c6)ccc5c5ccccc54)c3)c12.[Pt+2]. The van der Waals surface area contributed by atoms with E-state index in [4.69, 9.17) is 9.72 Å². The Bertz CT molecular complexity index is 2740. The van der Waals surface area contributed by atoms with Crippen LogP contribution in [-0.4, -0.2) is 23.9 Å². The van der Waals surface area contributed by atoms with Gasteiger partial charge in [0.05, 0.1) is 22.4 Å². The Labute approximate surface area is 317 Å². The first-order valence-corrected chi connectivity index (χ1v) is 17.6. The van der Waals surface area contributed by atoms with Gasteiger partial charge in [-0.3, -0.25) is 4.68 Å². The molecule has 0 fully saturated rings. The quantitative estimate of drug-likeness (QED) is 0.150. The molecule has 0 aliphatic carbocycles. The molecule has 7 heteroatoms. The second-order valence-corrected chi connectivity index (χ2v) is 13.3. The van der Waals surface area contributed by atoms with Crippen LogP contribution in [0.4, 0.5) is 0 Å². The summed E-state index contributed by atoms with van der Waals surface area (Å²) in [6, 6.07) is 43.5. The van der Waals surface area contributed by atoms with Crippen molar-refractivity contribution in [2.75, 3.05) is 0 Å². The Morgan fingerprint density at radius 3 is 2.06 bits per heavy atom. The average Bonchev–Trinajstić information content (AvgIpc) is 3.79. The summed E-state index contributed by atoms with van der Waals surface area (Å²) in [6.45, 7) is 10.6. The number of rotatable bonds is 7. The number of para-hydroxylation sites is 3. The van der Waals surface area contributed by atoms with Gasteiger partial charge in [-0.1, -0.05) is 80.9 Å². The van der Waals surface area contributed by atoms with Gasteiger partial charge in [0.1, 0.15) is 5.82 Å². The van der Waals surface area contributed by atoms with E-state index >= 15 is 0 Å². The molecule has 6 nitrogen and oxygen atoms in total. The van der Waals surface area contributed by atoms with Crippen molar-refractivity contribution in [2.45, 2.75) is 47.5 Å². The first-order valence-electron chi connectivity index (χ1n) is 17.6. The van der Waals surface area contributed by atoms with Gasteiger partial charge < -0.3 is 13.9 Å². The third-order valence-corrected chi connectivity index (χ3v) is 9.94. The monoisotopic (exact) mass is 858 g/mol. The van der Waals surface area contributed by atoms with E-state index in [1.54, 1.807) is 0 Å². The molecule has 0 unspecified atom stereocenters. The third kappa shape index (κ3) is 5.45. The van der Waals surface area contributed by atoms with E-state index in [1.165, 1.54) is 32.9 Å². The summed E-state index contributed by atoms with van der Waals surface area (Å²) in [5, 5.41) is 9.44. The maximum Gasteiger partial charge on any atom is 2.00 e. The van der Waals surface area contributed by atoms with Crippen LogP contribution in [-0.2, 0) is 33.9 Å². The number of hydrogen-bond acceptors (Lipinski definition) is 3. The average molecular weight is 859 g/mol. The Morgan fingerprint density at radius 2 is 1.37 bits per heavy atom. The van der Waals surface area contributed by atoms with Crippen molar-refractivity contribution in [3.05, 3.63) is 150 Å². The first kappa shape index (κ1) is 33.7. The summed E-state index contributed by atoms with van der Waals surface area (Å²) in [4.78, 5) is 4.99. The molecule has 258 valence electrons. The Balaban J connectivity index is 0.00000387. The molecule has 0 N–H and O–H groups in total. The molecule has 5 aromatic carbocycles. The van der Waals surface area contributed by atoms with Crippen LogP contribution in [0.15, 0.2) is 109 Å². The van der Waals surface area contributed by atoms with Crippen LogP contribution in [0.2, 0.25) is 0 Å². The summed E-state index contributed by atoms with van der Waals surface area (Å²) in [5.74, 6) is 2.03. The van der Waals surface area contributed by atoms with Crippen molar-refractivity contribution in [3.8, 4) is 28.7 Å². The molecule has 4 aromatic heterocycles. The number of hydrogen-bond donors (Lipinski definition) is 0. The molecule has 52 heavy (non-hydrogen) atoms. The second-order valence-electron chi connectivity index (χ2n) is 13.3. The van der Waals surface area contributed by atoms with Crippen LogP contribution in [0.25, 0.3) is 60.8 Å². The topological polar surface area (TPSA) is 49.8 Å². The van der Waals surface area contributed by atoms with Gasteiger partial charge in [0.2, 0.25) is 0 Å². The van der Waals surface area contributed by atoms with Gasteiger partial charge in [-0.15, -0.1) is 35.7 Å². The van der Waals surface area contributed by atoms with Gasteiger partial charge in [0.15, 0.2) is 0 Å². The van der Waals surface area contributed by atoms with E-state index < -0.39 is 0 Å². The molecular weight excluding hydrogens is 822 g/mol. The number of ether oxygens (including phenoxy) is 1. The Kier molecular flexibility index (Phi) is 8.59. The number of nitrogens with zero attached hydrogens (tertiary/aromatic N) is 5. The van der Waals surface area contributed by atoms with Crippen molar-refractivity contribution in [2.24, 2.45) is 0 Å². The van der Waals surface area contributed by atoms with Gasteiger partial charge in [-0.25, -0.2) is 4.98 Å². The Hall–Kier alpha value is -5.45. The first-order chi connectivity index (χ1) is 24.9. The fourth-order valence-corrected chi connectivity index (χ4v) is 7.75. The second kappa shape index (κ2) is 13.3. The summed E-state index contributed by atoms with van der Waals surface area (Å²) < 4.78 is 13.1. The van der Waals surface area contributed by atoms with Gasteiger partial charge in [0, 0.05) is 45.7 Å². The molecule has 4 heterocycles. The smallest absolute Gasteiger partial charge is 0.509 e. The number of aromatic nitrogens is 5. The van der Waals surface area contributed by atoms with Crippen LogP contribution in [0.5, 0.6) is 11.5 Å². The number of fused-ring (bicyclic) bond motifs is 6. The zero-order valence-corrected chi connectivity index (χ0v) is 32.0. The zero-order chi connectivity index (χ0) is 34.8. The minimum absolute atomic E-state index is 0. The van der Waals surface area contributed by atoms with Crippen molar-refractivity contribution in [1.29, 1.82) is 0 Å². The fraction of sp³-hybridized carbons (Fsp3) is 0.156. The van der Waals surface area contributed by atoms with E-state index in [2.05, 4.69) is 138 Å². The zero-order valence-electron chi connectivity index (χ0n) is 29.8. The maximum atomic E-state index is 6.50. The summed E-state index contributed by atoms with van der Waals surface area (Å²) in [6.07, 6.45) is 3.81. The fourth-order valence-electron chi connectivity index (χ4n) is 7.75. The molecule has 0 atom stereocenters. The molecule has 0 amide bonds. The van der Waals surface area contributed by atoms with Crippen LogP contribution in [0.1, 0.15) is 41.9 Å². The molecule has 0 radical (unpaired) electrons. The van der Waals surface area contributed by atoms with Crippen molar-refractivity contribution >= 4 is 43.6 Å². The van der Waals surface area contributed by atoms with Crippen LogP contribution >= 0.6 is 0 Å². The maximum absolute atomic E-state index is 6.50. The van der Waals surface area contributed by atoms with E-state index in [1.807, 2.05) is 36.9 Å². The molecule has 0 saturated carbocycles. The summed E-state index contributed by atoms with van der Waals surface area (Å²) in [5.41, 5.74) is 12.1. The normalized spacial score (nSPS) is 11.6. The van der Waals surface area contributed by atoms with Gasteiger partial charge >= 0.3 is 21.1 Å². The minimum atomic E-state index is 0. The van der Waals surface area contributed by atoms with E-state index in [0.29, 0.717) is 11.5 Å². The minimum Gasteiger partial charge on any atom is -0.509 e. The van der Waals surface area contributed by atoms with Gasteiger partial charge in [0.25, 0.3) is 0 Å². The largest absolute Gasteiger partial charge is 2.00 e. The van der Waals surface area contributed by atoms with Crippen molar-refractivity contribution in [3.63, 3.8) is 0 Å². The van der Waals surface area contributed by atoms with E-state index in [-0.39, 0.29) is 21.1 Å².